The Morgan fingerprint density at radius 2 is 2.40 bits per heavy atom. The molecule has 0 radical (unpaired) electrons. The second-order valence-corrected chi connectivity index (χ2v) is 5.96. The molecule has 15 heavy (non-hydrogen) atoms. The van der Waals surface area contributed by atoms with Crippen LogP contribution in [0, 0.1) is 12.3 Å². The van der Waals surface area contributed by atoms with E-state index < -0.39 is 10.0 Å². The van der Waals surface area contributed by atoms with Crippen molar-refractivity contribution in [2.24, 2.45) is 0 Å². The monoisotopic (exact) mass is 243 g/mol. The zero-order valence-electron chi connectivity index (χ0n) is 8.43. The molecule has 1 aromatic heterocycles. The Morgan fingerprint density at radius 1 is 1.67 bits per heavy atom. The zero-order valence-corrected chi connectivity index (χ0v) is 10.1. The molecule has 1 rings (SSSR count). The standard InChI is InChI=1S/C10H13NO2S2/c1-3-6-9(4-2)11-15(12,13)10-7-5-8-14-10/h1,5,7-9,11H,4,6H2,2H3. The fourth-order valence-electron chi connectivity index (χ4n) is 1.11. The van der Waals surface area contributed by atoms with Crippen LogP contribution in [0.15, 0.2) is 21.7 Å². The Balaban J connectivity index is 2.77. The Hall–Kier alpha value is -0.830. The Morgan fingerprint density at radius 3 is 2.87 bits per heavy atom. The summed E-state index contributed by atoms with van der Waals surface area (Å²) in [5, 5.41) is 1.73. The predicted molar refractivity (Wildman–Crippen MR) is 62.2 cm³/mol. The molecule has 82 valence electrons. The average molecular weight is 243 g/mol. The second-order valence-electron chi connectivity index (χ2n) is 3.07. The van der Waals surface area contributed by atoms with E-state index in [1.807, 2.05) is 6.92 Å². The minimum atomic E-state index is -3.38. The Kier molecular flexibility index (Phi) is 4.33. The second kappa shape index (κ2) is 5.31. The molecule has 0 aliphatic carbocycles. The van der Waals surface area contributed by atoms with Crippen molar-refractivity contribution in [3.63, 3.8) is 0 Å². The van der Waals surface area contributed by atoms with Crippen molar-refractivity contribution >= 4 is 21.4 Å². The first-order valence-electron chi connectivity index (χ1n) is 4.59. The van der Waals surface area contributed by atoms with Crippen LogP contribution in [-0.2, 0) is 10.0 Å². The molecule has 0 saturated carbocycles. The Labute approximate surface area is 94.6 Å². The molecule has 0 saturated heterocycles. The van der Waals surface area contributed by atoms with Gasteiger partial charge < -0.3 is 0 Å². The highest BCUT2D eigenvalue weighted by molar-refractivity contribution is 7.91. The minimum absolute atomic E-state index is 0.179. The topological polar surface area (TPSA) is 46.2 Å². The number of hydrogen-bond acceptors (Lipinski definition) is 3. The lowest BCUT2D eigenvalue weighted by atomic mass is 10.2. The van der Waals surface area contributed by atoms with Gasteiger partial charge in [-0.3, -0.25) is 0 Å². The molecule has 0 aliphatic heterocycles. The van der Waals surface area contributed by atoms with E-state index >= 15 is 0 Å². The van der Waals surface area contributed by atoms with Gasteiger partial charge in [-0.2, -0.15) is 0 Å². The highest BCUT2D eigenvalue weighted by atomic mass is 32.2. The lowest BCUT2D eigenvalue weighted by Gasteiger charge is -2.13. The molecule has 1 aromatic rings. The maximum absolute atomic E-state index is 11.8. The number of thiophene rings is 1. The fraction of sp³-hybridized carbons (Fsp3) is 0.400. The summed E-state index contributed by atoms with van der Waals surface area (Å²) in [7, 11) is -3.38. The third-order valence-corrected chi connectivity index (χ3v) is 4.86. The maximum Gasteiger partial charge on any atom is 0.250 e. The van der Waals surface area contributed by atoms with Crippen molar-refractivity contribution in [1.82, 2.24) is 4.72 Å². The smallest absolute Gasteiger partial charge is 0.206 e. The summed E-state index contributed by atoms with van der Waals surface area (Å²) < 4.78 is 26.5. The molecule has 0 aliphatic rings. The van der Waals surface area contributed by atoms with Crippen LogP contribution in [0.5, 0.6) is 0 Å². The van der Waals surface area contributed by atoms with Crippen LogP contribution in [0.4, 0.5) is 0 Å². The molecule has 3 nitrogen and oxygen atoms in total. The van der Waals surface area contributed by atoms with Gasteiger partial charge in [0.25, 0.3) is 0 Å². The molecule has 1 heterocycles. The van der Waals surface area contributed by atoms with E-state index in [0.29, 0.717) is 17.1 Å². The van der Waals surface area contributed by atoms with Crippen LogP contribution in [0.3, 0.4) is 0 Å². The summed E-state index contributed by atoms with van der Waals surface area (Å²) >= 11 is 1.20. The summed E-state index contributed by atoms with van der Waals surface area (Å²) in [6.45, 7) is 1.90. The summed E-state index contributed by atoms with van der Waals surface area (Å²) in [5.41, 5.74) is 0. The maximum atomic E-state index is 11.8. The van der Waals surface area contributed by atoms with Crippen molar-refractivity contribution in [2.45, 2.75) is 30.0 Å². The number of terminal acetylenes is 1. The summed E-state index contributed by atoms with van der Waals surface area (Å²) in [4.78, 5) is 0. The van der Waals surface area contributed by atoms with Gasteiger partial charge in [-0.15, -0.1) is 23.7 Å². The van der Waals surface area contributed by atoms with E-state index in [-0.39, 0.29) is 6.04 Å². The van der Waals surface area contributed by atoms with Crippen molar-refractivity contribution in [1.29, 1.82) is 0 Å². The third kappa shape index (κ3) is 3.34. The number of sulfonamides is 1. The van der Waals surface area contributed by atoms with Gasteiger partial charge in [0.15, 0.2) is 0 Å². The normalized spacial score (nSPS) is 13.3. The number of hydrogen-bond donors (Lipinski definition) is 1. The molecule has 5 heteroatoms. The molecule has 1 atom stereocenters. The molecule has 0 fully saturated rings. The molecule has 1 unspecified atom stereocenters. The van der Waals surface area contributed by atoms with Gasteiger partial charge in [-0.25, -0.2) is 13.1 Å². The molecular weight excluding hydrogens is 230 g/mol. The van der Waals surface area contributed by atoms with Crippen molar-refractivity contribution in [2.75, 3.05) is 0 Å². The van der Waals surface area contributed by atoms with Crippen LogP contribution in [0.1, 0.15) is 19.8 Å². The predicted octanol–water partition coefficient (Wildman–Crippen LogP) is 1.83. The van der Waals surface area contributed by atoms with E-state index in [0.717, 1.165) is 0 Å². The molecular formula is C10H13NO2S2. The van der Waals surface area contributed by atoms with Crippen molar-refractivity contribution in [3.05, 3.63) is 17.5 Å². The summed E-state index contributed by atoms with van der Waals surface area (Å²) in [6.07, 6.45) is 6.27. The van der Waals surface area contributed by atoms with Crippen LogP contribution >= 0.6 is 11.3 Å². The molecule has 0 amide bonds. The van der Waals surface area contributed by atoms with Crippen LogP contribution < -0.4 is 4.72 Å². The van der Waals surface area contributed by atoms with E-state index in [1.54, 1.807) is 17.5 Å². The zero-order chi connectivity index (χ0) is 11.3. The fourth-order valence-corrected chi connectivity index (χ4v) is 3.43. The number of rotatable bonds is 5. The molecule has 0 spiro atoms. The van der Waals surface area contributed by atoms with Gasteiger partial charge in [0, 0.05) is 12.5 Å². The Bertz CT molecular complexity index is 428. The van der Waals surface area contributed by atoms with Crippen LogP contribution in [0.25, 0.3) is 0 Å². The summed E-state index contributed by atoms with van der Waals surface area (Å²) in [6, 6.07) is 3.11. The van der Waals surface area contributed by atoms with Gasteiger partial charge in [0.2, 0.25) is 10.0 Å². The first kappa shape index (κ1) is 12.2. The highest BCUT2D eigenvalue weighted by Gasteiger charge is 2.18. The van der Waals surface area contributed by atoms with Crippen molar-refractivity contribution in [3.8, 4) is 12.3 Å². The van der Waals surface area contributed by atoms with E-state index in [2.05, 4.69) is 10.6 Å². The van der Waals surface area contributed by atoms with Crippen LogP contribution in [-0.4, -0.2) is 14.5 Å². The van der Waals surface area contributed by atoms with Gasteiger partial charge in [0.05, 0.1) is 0 Å². The quantitative estimate of drug-likeness (QED) is 0.802. The SMILES string of the molecule is C#CCC(CC)NS(=O)(=O)c1cccs1. The summed E-state index contributed by atoms with van der Waals surface area (Å²) in [5.74, 6) is 2.46. The van der Waals surface area contributed by atoms with Crippen LogP contribution in [0.2, 0.25) is 0 Å². The van der Waals surface area contributed by atoms with Gasteiger partial charge in [-0.1, -0.05) is 13.0 Å². The number of nitrogens with one attached hydrogen (secondary N) is 1. The van der Waals surface area contributed by atoms with Gasteiger partial charge >= 0.3 is 0 Å². The lowest BCUT2D eigenvalue weighted by molar-refractivity contribution is 0.546. The van der Waals surface area contributed by atoms with Crippen molar-refractivity contribution < 1.29 is 8.42 Å². The van der Waals surface area contributed by atoms with Gasteiger partial charge in [0.1, 0.15) is 4.21 Å². The molecule has 0 bridgehead atoms. The average Bonchev–Trinajstić information content (AvgIpc) is 2.70. The third-order valence-electron chi connectivity index (χ3n) is 1.94. The van der Waals surface area contributed by atoms with E-state index in [1.165, 1.54) is 11.3 Å². The first-order chi connectivity index (χ1) is 7.10. The van der Waals surface area contributed by atoms with E-state index in [9.17, 15) is 8.42 Å². The largest absolute Gasteiger partial charge is 0.250 e. The molecule has 0 aromatic carbocycles. The lowest BCUT2D eigenvalue weighted by Crippen LogP contribution is -2.33. The van der Waals surface area contributed by atoms with Gasteiger partial charge in [-0.05, 0) is 17.9 Å². The molecule has 1 N–H and O–H groups in total. The van der Waals surface area contributed by atoms with E-state index in [4.69, 9.17) is 6.42 Å². The minimum Gasteiger partial charge on any atom is -0.206 e. The highest BCUT2D eigenvalue weighted by Crippen LogP contribution is 2.16. The first-order valence-corrected chi connectivity index (χ1v) is 6.95.